The number of methoxy groups -OCH3 is 1. The molecule has 0 fully saturated rings. The largest absolute Gasteiger partial charge is 0.497 e. The van der Waals surface area contributed by atoms with Crippen LogP contribution in [0.5, 0.6) is 11.5 Å². The summed E-state index contributed by atoms with van der Waals surface area (Å²) in [4.78, 5) is 0. The molecule has 1 atom stereocenters. The summed E-state index contributed by atoms with van der Waals surface area (Å²) in [5, 5.41) is 2.35. The molecule has 0 aliphatic rings. The maximum Gasteiger partial charge on any atom is 0.119 e. The topological polar surface area (TPSA) is 35.1 Å². The highest BCUT2D eigenvalue weighted by atomic mass is 16.5. The van der Waals surface area contributed by atoms with E-state index in [2.05, 4.69) is 42.6 Å². The summed E-state index contributed by atoms with van der Waals surface area (Å²) >= 11 is 0. The first kappa shape index (κ1) is 15.4. The van der Waals surface area contributed by atoms with Crippen LogP contribution in [0.2, 0.25) is 0 Å². The van der Waals surface area contributed by atoms with E-state index in [1.54, 1.807) is 7.11 Å². The van der Waals surface area contributed by atoms with Crippen molar-refractivity contribution in [3.8, 4) is 11.5 Å². The molecule has 2 aromatic rings. The lowest BCUT2D eigenvalue weighted by molar-refractivity contribution is -0.693. The van der Waals surface area contributed by atoms with Crippen LogP contribution in [0, 0.1) is 0 Å². The van der Waals surface area contributed by atoms with Gasteiger partial charge in [0.25, 0.3) is 0 Å². The third kappa shape index (κ3) is 5.12. The molecule has 0 aromatic heterocycles. The maximum atomic E-state index is 5.72. The number of quaternary nitrogens is 1. The minimum atomic E-state index is 0.493. The summed E-state index contributed by atoms with van der Waals surface area (Å²) in [5.74, 6) is 1.75. The van der Waals surface area contributed by atoms with Crippen molar-refractivity contribution < 1.29 is 14.8 Å². The van der Waals surface area contributed by atoms with Gasteiger partial charge in [-0.3, -0.25) is 0 Å². The van der Waals surface area contributed by atoms with E-state index in [4.69, 9.17) is 9.47 Å². The number of hydrogen-bond donors (Lipinski definition) is 1. The predicted octanol–water partition coefficient (Wildman–Crippen LogP) is 2.79. The first-order chi connectivity index (χ1) is 10.3. The molecule has 2 rings (SSSR count). The lowest BCUT2D eigenvalue weighted by atomic mass is 10.1. The average molecular weight is 286 g/mol. The van der Waals surface area contributed by atoms with Crippen LogP contribution in [-0.4, -0.2) is 20.3 Å². The molecule has 3 heteroatoms. The van der Waals surface area contributed by atoms with Gasteiger partial charge in [0.05, 0.1) is 20.3 Å². The number of ether oxygens (including phenoxy) is 2. The Hall–Kier alpha value is -2.00. The molecule has 2 N–H and O–H groups in total. The van der Waals surface area contributed by atoms with Gasteiger partial charge in [-0.1, -0.05) is 30.3 Å². The Morgan fingerprint density at radius 2 is 1.62 bits per heavy atom. The molecule has 2 aromatic carbocycles. The van der Waals surface area contributed by atoms with Gasteiger partial charge < -0.3 is 14.8 Å². The molecule has 0 saturated carbocycles. The van der Waals surface area contributed by atoms with Crippen molar-refractivity contribution >= 4 is 0 Å². The third-order valence-electron chi connectivity index (χ3n) is 3.52. The Kier molecular flexibility index (Phi) is 6.10. The van der Waals surface area contributed by atoms with Gasteiger partial charge in [0.15, 0.2) is 0 Å². The van der Waals surface area contributed by atoms with Crippen LogP contribution >= 0.6 is 0 Å². The van der Waals surface area contributed by atoms with Crippen molar-refractivity contribution in [3.05, 3.63) is 60.2 Å². The molecular weight excluding hydrogens is 262 g/mol. The average Bonchev–Trinajstić information content (AvgIpc) is 2.55. The van der Waals surface area contributed by atoms with Gasteiger partial charge in [-0.2, -0.15) is 0 Å². The summed E-state index contributed by atoms with van der Waals surface area (Å²) in [6.45, 7) is 4.04. The standard InChI is InChI=1S/C18H23NO2/c1-15(16-7-4-3-5-8-16)19-13-6-14-21-18-11-9-17(20-2)10-12-18/h3-5,7-12,15,19H,6,13-14H2,1-2H3/p+1/t15-/m0/s1. The molecule has 0 aliphatic carbocycles. The summed E-state index contributed by atoms with van der Waals surface area (Å²) in [6, 6.07) is 18.8. The van der Waals surface area contributed by atoms with Crippen molar-refractivity contribution in [2.45, 2.75) is 19.4 Å². The fourth-order valence-corrected chi connectivity index (χ4v) is 2.21. The number of benzene rings is 2. The third-order valence-corrected chi connectivity index (χ3v) is 3.52. The normalized spacial score (nSPS) is 11.9. The Balaban J connectivity index is 1.63. The molecule has 0 amide bonds. The second-order valence-corrected chi connectivity index (χ2v) is 5.10. The predicted molar refractivity (Wildman–Crippen MR) is 84.8 cm³/mol. The summed E-state index contributed by atoms with van der Waals surface area (Å²) in [6.07, 6.45) is 1.03. The number of rotatable bonds is 8. The van der Waals surface area contributed by atoms with Crippen LogP contribution in [-0.2, 0) is 0 Å². The monoisotopic (exact) mass is 286 g/mol. The second-order valence-electron chi connectivity index (χ2n) is 5.10. The molecule has 0 spiro atoms. The van der Waals surface area contributed by atoms with E-state index in [9.17, 15) is 0 Å². The fraction of sp³-hybridized carbons (Fsp3) is 0.333. The molecular formula is C18H24NO2+. The summed E-state index contributed by atoms with van der Waals surface area (Å²) in [5.41, 5.74) is 1.37. The number of hydrogen-bond acceptors (Lipinski definition) is 2. The van der Waals surface area contributed by atoms with Crippen LogP contribution in [0.1, 0.15) is 24.9 Å². The molecule has 0 aliphatic heterocycles. The van der Waals surface area contributed by atoms with Crippen molar-refractivity contribution in [2.24, 2.45) is 0 Å². The zero-order valence-electron chi connectivity index (χ0n) is 12.8. The van der Waals surface area contributed by atoms with Crippen LogP contribution in [0.4, 0.5) is 0 Å². The van der Waals surface area contributed by atoms with E-state index in [1.807, 2.05) is 24.3 Å². The van der Waals surface area contributed by atoms with Gasteiger partial charge >= 0.3 is 0 Å². The Morgan fingerprint density at radius 3 is 2.29 bits per heavy atom. The fourth-order valence-electron chi connectivity index (χ4n) is 2.21. The van der Waals surface area contributed by atoms with E-state index in [0.717, 1.165) is 31.1 Å². The lowest BCUT2D eigenvalue weighted by Crippen LogP contribution is -2.84. The molecule has 0 saturated heterocycles. The highest BCUT2D eigenvalue weighted by Crippen LogP contribution is 2.16. The van der Waals surface area contributed by atoms with Crippen molar-refractivity contribution in [3.63, 3.8) is 0 Å². The van der Waals surface area contributed by atoms with E-state index in [1.165, 1.54) is 5.56 Å². The quantitative estimate of drug-likeness (QED) is 0.757. The van der Waals surface area contributed by atoms with Crippen molar-refractivity contribution in [1.82, 2.24) is 0 Å². The van der Waals surface area contributed by atoms with Gasteiger partial charge in [0.1, 0.15) is 17.5 Å². The first-order valence-electron chi connectivity index (χ1n) is 7.44. The van der Waals surface area contributed by atoms with Crippen LogP contribution in [0.15, 0.2) is 54.6 Å². The summed E-state index contributed by atoms with van der Waals surface area (Å²) < 4.78 is 10.8. The van der Waals surface area contributed by atoms with Gasteiger partial charge in [-0.25, -0.2) is 0 Å². The van der Waals surface area contributed by atoms with Crippen LogP contribution in [0.25, 0.3) is 0 Å². The van der Waals surface area contributed by atoms with Crippen LogP contribution < -0.4 is 14.8 Å². The minimum absolute atomic E-state index is 0.493. The molecule has 112 valence electrons. The Bertz CT molecular complexity index is 511. The van der Waals surface area contributed by atoms with E-state index >= 15 is 0 Å². The van der Waals surface area contributed by atoms with E-state index in [-0.39, 0.29) is 0 Å². The first-order valence-corrected chi connectivity index (χ1v) is 7.44. The SMILES string of the molecule is COc1ccc(OCCC[NH2+][C@@H](C)c2ccccc2)cc1. The molecule has 0 bridgehead atoms. The van der Waals surface area contributed by atoms with Crippen molar-refractivity contribution in [2.75, 3.05) is 20.3 Å². The van der Waals surface area contributed by atoms with E-state index < -0.39 is 0 Å². The highest BCUT2D eigenvalue weighted by Gasteiger charge is 2.06. The zero-order valence-corrected chi connectivity index (χ0v) is 12.8. The summed E-state index contributed by atoms with van der Waals surface area (Å²) in [7, 11) is 1.67. The lowest BCUT2D eigenvalue weighted by Gasteiger charge is -2.11. The molecule has 3 nitrogen and oxygen atoms in total. The van der Waals surface area contributed by atoms with Gasteiger partial charge in [-0.15, -0.1) is 0 Å². The maximum absolute atomic E-state index is 5.72. The molecule has 21 heavy (non-hydrogen) atoms. The second kappa shape index (κ2) is 8.32. The smallest absolute Gasteiger partial charge is 0.119 e. The molecule has 0 unspecified atom stereocenters. The molecule has 0 heterocycles. The van der Waals surface area contributed by atoms with Gasteiger partial charge in [-0.05, 0) is 31.2 Å². The molecule has 0 radical (unpaired) electrons. The Morgan fingerprint density at radius 1 is 0.952 bits per heavy atom. The minimum Gasteiger partial charge on any atom is -0.497 e. The van der Waals surface area contributed by atoms with Gasteiger partial charge in [0.2, 0.25) is 0 Å². The highest BCUT2D eigenvalue weighted by molar-refractivity contribution is 5.31. The Labute approximate surface area is 126 Å². The van der Waals surface area contributed by atoms with Crippen molar-refractivity contribution in [1.29, 1.82) is 0 Å². The van der Waals surface area contributed by atoms with E-state index in [0.29, 0.717) is 6.04 Å². The van der Waals surface area contributed by atoms with Crippen LogP contribution in [0.3, 0.4) is 0 Å². The number of nitrogens with two attached hydrogens (primary N) is 1. The zero-order chi connectivity index (χ0) is 14.9. The van der Waals surface area contributed by atoms with Gasteiger partial charge in [0, 0.05) is 12.0 Å².